The summed E-state index contributed by atoms with van der Waals surface area (Å²) in [5, 5.41) is 3.34. The molecule has 0 unspecified atom stereocenters. The summed E-state index contributed by atoms with van der Waals surface area (Å²) < 4.78 is 2.29. The number of piperidine rings is 1. The molecule has 0 radical (unpaired) electrons. The zero-order valence-corrected chi connectivity index (χ0v) is 11.2. The molecular formula is C13H24N4. The van der Waals surface area contributed by atoms with Gasteiger partial charge in [0.25, 0.3) is 0 Å². The lowest BCUT2D eigenvalue weighted by Gasteiger charge is -2.29. The Morgan fingerprint density at radius 1 is 1.41 bits per heavy atom. The van der Waals surface area contributed by atoms with Crippen LogP contribution < -0.4 is 5.32 Å². The Labute approximate surface area is 104 Å². The fourth-order valence-electron chi connectivity index (χ4n) is 2.51. The first-order valence-corrected chi connectivity index (χ1v) is 6.65. The smallest absolute Gasteiger partial charge is 0.203 e. The summed E-state index contributed by atoms with van der Waals surface area (Å²) in [5.74, 6) is 1.83. The van der Waals surface area contributed by atoms with E-state index >= 15 is 0 Å². The van der Waals surface area contributed by atoms with Gasteiger partial charge >= 0.3 is 0 Å². The molecule has 0 bridgehead atoms. The van der Waals surface area contributed by atoms with Gasteiger partial charge in [0.15, 0.2) is 0 Å². The molecule has 0 spiro atoms. The van der Waals surface area contributed by atoms with Crippen LogP contribution in [0, 0.1) is 12.8 Å². The van der Waals surface area contributed by atoms with Gasteiger partial charge in [0.05, 0.1) is 5.69 Å². The van der Waals surface area contributed by atoms with Crippen molar-refractivity contribution in [3.8, 4) is 0 Å². The lowest BCUT2D eigenvalue weighted by atomic mass is 9.97. The van der Waals surface area contributed by atoms with E-state index in [0.29, 0.717) is 0 Å². The Balaban J connectivity index is 1.97. The van der Waals surface area contributed by atoms with Crippen LogP contribution in [0.25, 0.3) is 0 Å². The number of likely N-dealkylation sites (tertiary alicyclic amines) is 1. The minimum atomic E-state index is 0.803. The van der Waals surface area contributed by atoms with Crippen molar-refractivity contribution in [2.75, 3.05) is 32.0 Å². The van der Waals surface area contributed by atoms with Crippen LogP contribution in [0.5, 0.6) is 0 Å². The van der Waals surface area contributed by atoms with E-state index in [2.05, 4.69) is 46.9 Å². The number of anilines is 1. The van der Waals surface area contributed by atoms with Crippen LogP contribution in [0.15, 0.2) is 6.20 Å². The third-order valence-corrected chi connectivity index (χ3v) is 3.52. The van der Waals surface area contributed by atoms with Crippen molar-refractivity contribution in [2.45, 2.75) is 33.2 Å². The van der Waals surface area contributed by atoms with Crippen LogP contribution >= 0.6 is 0 Å². The first-order valence-electron chi connectivity index (χ1n) is 6.65. The molecule has 4 heteroatoms. The molecule has 1 aliphatic heterocycles. The van der Waals surface area contributed by atoms with Crippen molar-refractivity contribution in [3.63, 3.8) is 0 Å². The maximum atomic E-state index is 4.52. The number of nitrogens with zero attached hydrogens (tertiary/aromatic N) is 3. The summed E-state index contributed by atoms with van der Waals surface area (Å²) in [7, 11) is 2.21. The second-order valence-electron chi connectivity index (χ2n) is 5.14. The highest BCUT2D eigenvalue weighted by molar-refractivity contribution is 5.28. The van der Waals surface area contributed by atoms with E-state index < -0.39 is 0 Å². The van der Waals surface area contributed by atoms with Crippen molar-refractivity contribution >= 4 is 5.95 Å². The van der Waals surface area contributed by atoms with Crippen LogP contribution in [-0.2, 0) is 6.54 Å². The zero-order valence-electron chi connectivity index (χ0n) is 11.2. The van der Waals surface area contributed by atoms with Gasteiger partial charge in [0, 0.05) is 19.3 Å². The Morgan fingerprint density at radius 3 is 2.76 bits per heavy atom. The molecule has 1 aromatic rings. The minimum Gasteiger partial charge on any atom is -0.356 e. The number of nitrogens with one attached hydrogen (secondary N) is 1. The number of rotatable bonds is 4. The van der Waals surface area contributed by atoms with E-state index in [1.165, 1.54) is 25.9 Å². The number of aromatic nitrogens is 2. The van der Waals surface area contributed by atoms with E-state index in [1.807, 2.05) is 0 Å². The Kier molecular flexibility index (Phi) is 4.05. The number of hydrogen-bond donors (Lipinski definition) is 1. The molecule has 1 aliphatic rings. The van der Waals surface area contributed by atoms with Gasteiger partial charge in [-0.3, -0.25) is 0 Å². The average Bonchev–Trinajstić information content (AvgIpc) is 2.63. The quantitative estimate of drug-likeness (QED) is 0.867. The Hall–Kier alpha value is -1.03. The molecule has 1 saturated heterocycles. The van der Waals surface area contributed by atoms with Gasteiger partial charge in [0.2, 0.25) is 5.95 Å². The zero-order chi connectivity index (χ0) is 12.3. The maximum absolute atomic E-state index is 4.52. The molecular weight excluding hydrogens is 212 g/mol. The van der Waals surface area contributed by atoms with Gasteiger partial charge in [-0.1, -0.05) is 0 Å². The number of hydrogen-bond acceptors (Lipinski definition) is 3. The predicted molar refractivity (Wildman–Crippen MR) is 71.3 cm³/mol. The summed E-state index contributed by atoms with van der Waals surface area (Å²) in [6.45, 7) is 8.68. The van der Waals surface area contributed by atoms with Crippen LogP contribution in [0.3, 0.4) is 0 Å². The number of aryl methyl sites for hydroxylation is 1. The molecule has 0 aliphatic carbocycles. The van der Waals surface area contributed by atoms with Gasteiger partial charge in [-0.15, -0.1) is 0 Å². The monoisotopic (exact) mass is 236 g/mol. The molecule has 2 heterocycles. The lowest BCUT2D eigenvalue weighted by molar-refractivity contribution is 0.205. The van der Waals surface area contributed by atoms with Gasteiger partial charge in [0.1, 0.15) is 0 Å². The SMILES string of the molecule is CCNc1nc(C)cn1CC1CCN(C)CC1. The lowest BCUT2D eigenvalue weighted by Crippen LogP contribution is -2.32. The van der Waals surface area contributed by atoms with Crippen LogP contribution in [0.2, 0.25) is 0 Å². The topological polar surface area (TPSA) is 33.1 Å². The fourth-order valence-corrected chi connectivity index (χ4v) is 2.51. The molecule has 1 N–H and O–H groups in total. The molecule has 1 fully saturated rings. The van der Waals surface area contributed by atoms with E-state index in [1.54, 1.807) is 0 Å². The first-order chi connectivity index (χ1) is 8.19. The highest BCUT2D eigenvalue weighted by Gasteiger charge is 2.18. The summed E-state index contributed by atoms with van der Waals surface area (Å²) in [6, 6.07) is 0. The molecule has 1 aromatic heterocycles. The van der Waals surface area contributed by atoms with E-state index in [0.717, 1.165) is 30.6 Å². The van der Waals surface area contributed by atoms with Crippen molar-refractivity contribution in [1.29, 1.82) is 0 Å². The summed E-state index contributed by atoms with van der Waals surface area (Å²) in [6.07, 6.45) is 4.77. The van der Waals surface area contributed by atoms with Gasteiger partial charge in [-0.05, 0) is 52.7 Å². The Bertz CT molecular complexity index is 350. The minimum absolute atomic E-state index is 0.803. The van der Waals surface area contributed by atoms with Crippen molar-refractivity contribution in [3.05, 3.63) is 11.9 Å². The second kappa shape index (κ2) is 5.54. The molecule has 96 valence electrons. The summed E-state index contributed by atoms with van der Waals surface area (Å²) in [4.78, 5) is 6.94. The third-order valence-electron chi connectivity index (χ3n) is 3.52. The van der Waals surface area contributed by atoms with Crippen LogP contribution in [0.1, 0.15) is 25.5 Å². The third kappa shape index (κ3) is 3.22. The van der Waals surface area contributed by atoms with Gasteiger partial charge < -0.3 is 14.8 Å². The highest BCUT2D eigenvalue weighted by Crippen LogP contribution is 2.20. The predicted octanol–water partition coefficient (Wildman–Crippen LogP) is 1.97. The molecule has 0 amide bonds. The summed E-state index contributed by atoms with van der Waals surface area (Å²) >= 11 is 0. The van der Waals surface area contributed by atoms with Crippen molar-refractivity contribution < 1.29 is 0 Å². The molecule has 0 saturated carbocycles. The first kappa shape index (κ1) is 12.4. The van der Waals surface area contributed by atoms with Crippen LogP contribution in [0.4, 0.5) is 5.95 Å². The van der Waals surface area contributed by atoms with Gasteiger partial charge in [-0.2, -0.15) is 0 Å². The molecule has 0 atom stereocenters. The molecule has 2 rings (SSSR count). The van der Waals surface area contributed by atoms with E-state index in [4.69, 9.17) is 0 Å². The fraction of sp³-hybridized carbons (Fsp3) is 0.769. The Morgan fingerprint density at radius 2 is 2.12 bits per heavy atom. The molecule has 4 nitrogen and oxygen atoms in total. The second-order valence-corrected chi connectivity index (χ2v) is 5.14. The van der Waals surface area contributed by atoms with E-state index in [-0.39, 0.29) is 0 Å². The maximum Gasteiger partial charge on any atom is 0.203 e. The average molecular weight is 236 g/mol. The van der Waals surface area contributed by atoms with Crippen molar-refractivity contribution in [2.24, 2.45) is 5.92 Å². The normalized spacial score (nSPS) is 18.5. The van der Waals surface area contributed by atoms with Crippen molar-refractivity contribution in [1.82, 2.24) is 14.5 Å². The standard InChI is InChI=1S/C13H24N4/c1-4-14-13-15-11(2)9-17(13)10-12-5-7-16(3)8-6-12/h9,12H,4-8,10H2,1-3H3,(H,14,15). The van der Waals surface area contributed by atoms with Crippen LogP contribution in [-0.4, -0.2) is 41.1 Å². The summed E-state index contributed by atoms with van der Waals surface area (Å²) in [5.41, 5.74) is 1.11. The van der Waals surface area contributed by atoms with Gasteiger partial charge in [-0.25, -0.2) is 4.98 Å². The largest absolute Gasteiger partial charge is 0.356 e. The highest BCUT2D eigenvalue weighted by atomic mass is 15.2. The number of imidazole rings is 1. The molecule has 17 heavy (non-hydrogen) atoms. The van der Waals surface area contributed by atoms with E-state index in [9.17, 15) is 0 Å². The molecule has 0 aromatic carbocycles.